The lowest BCUT2D eigenvalue weighted by atomic mass is 9.98. The van der Waals surface area contributed by atoms with E-state index in [0.717, 1.165) is 0 Å². The van der Waals surface area contributed by atoms with E-state index < -0.39 is 30.5 Å². The van der Waals surface area contributed by atoms with Crippen LogP contribution in [0.15, 0.2) is 36.4 Å². The van der Waals surface area contributed by atoms with Crippen molar-refractivity contribution in [1.82, 2.24) is 0 Å². The van der Waals surface area contributed by atoms with E-state index >= 15 is 0 Å². The molecule has 0 saturated carbocycles. The van der Waals surface area contributed by atoms with Crippen molar-refractivity contribution in [2.75, 3.05) is 19.5 Å². The molecule has 0 saturated heterocycles. The molecule has 0 aromatic heterocycles. The third kappa shape index (κ3) is 3.70. The lowest BCUT2D eigenvalue weighted by Crippen LogP contribution is -2.31. The molecule has 142 valence electrons. The summed E-state index contributed by atoms with van der Waals surface area (Å²) in [6.45, 7) is 0. The summed E-state index contributed by atoms with van der Waals surface area (Å²) in [5.74, 6) is -0.807. The van der Waals surface area contributed by atoms with Crippen molar-refractivity contribution in [2.24, 2.45) is 0 Å². The smallest absolute Gasteiger partial charge is 0.306 e. The Hall–Kier alpha value is -2.77. The summed E-state index contributed by atoms with van der Waals surface area (Å²) < 4.78 is 16.8. The van der Waals surface area contributed by atoms with Gasteiger partial charge in [-0.25, -0.2) is 0 Å². The van der Waals surface area contributed by atoms with Gasteiger partial charge in [0.05, 0.1) is 20.6 Å². The number of aliphatic carboxylic acids is 1. The van der Waals surface area contributed by atoms with Crippen molar-refractivity contribution in [2.45, 2.75) is 18.6 Å². The normalized spacial score (nSPS) is 18.9. The highest BCUT2D eigenvalue weighted by Crippen LogP contribution is 2.45. The first-order valence-electron chi connectivity index (χ1n) is 8.13. The van der Waals surface area contributed by atoms with Gasteiger partial charge < -0.3 is 24.6 Å². The van der Waals surface area contributed by atoms with Crippen LogP contribution in [-0.2, 0) is 14.3 Å². The zero-order chi connectivity index (χ0) is 19.6. The molecule has 2 N–H and O–H groups in total. The van der Waals surface area contributed by atoms with Crippen LogP contribution in [-0.4, -0.2) is 37.3 Å². The van der Waals surface area contributed by atoms with Crippen LogP contribution in [0.1, 0.15) is 23.7 Å². The van der Waals surface area contributed by atoms with E-state index in [0.29, 0.717) is 33.3 Å². The Balaban J connectivity index is 2.20. The number of halogens is 1. The summed E-state index contributed by atoms with van der Waals surface area (Å²) in [5, 5.41) is 12.2. The van der Waals surface area contributed by atoms with Gasteiger partial charge in [-0.15, -0.1) is 0 Å². The first kappa shape index (κ1) is 19.0. The molecule has 0 aliphatic carbocycles. The zero-order valence-electron chi connectivity index (χ0n) is 14.7. The van der Waals surface area contributed by atoms with Gasteiger partial charge in [0, 0.05) is 21.8 Å². The molecule has 1 aliphatic rings. The van der Waals surface area contributed by atoms with E-state index in [4.69, 9.17) is 30.9 Å². The topological polar surface area (TPSA) is 94.1 Å². The maximum atomic E-state index is 12.5. The number of carboxylic acid groups (broad SMARTS) is 1. The number of carbonyl (C=O) groups excluding carboxylic acids is 1. The van der Waals surface area contributed by atoms with E-state index in [-0.39, 0.29) is 0 Å². The van der Waals surface area contributed by atoms with Gasteiger partial charge in [0.15, 0.2) is 11.5 Å². The minimum atomic E-state index is -1.20. The predicted octanol–water partition coefficient (Wildman–Crippen LogP) is 3.26. The maximum absolute atomic E-state index is 12.5. The van der Waals surface area contributed by atoms with E-state index in [1.165, 1.54) is 14.2 Å². The minimum Gasteiger partial charge on any atom is -0.493 e. The van der Waals surface area contributed by atoms with Crippen molar-refractivity contribution in [3.05, 3.63) is 52.5 Å². The Morgan fingerprint density at radius 2 is 1.96 bits per heavy atom. The van der Waals surface area contributed by atoms with Gasteiger partial charge in [0.1, 0.15) is 12.2 Å². The van der Waals surface area contributed by atoms with Gasteiger partial charge in [0.2, 0.25) is 0 Å². The summed E-state index contributed by atoms with van der Waals surface area (Å²) >= 11 is 6.41. The summed E-state index contributed by atoms with van der Waals surface area (Å²) in [5.41, 5.74) is 1.54. The molecule has 2 aromatic rings. The molecule has 8 heteroatoms. The van der Waals surface area contributed by atoms with Crippen LogP contribution in [0, 0.1) is 0 Å². The highest BCUT2D eigenvalue weighted by molar-refractivity contribution is 6.32. The van der Waals surface area contributed by atoms with E-state index in [1.807, 2.05) is 0 Å². The van der Waals surface area contributed by atoms with E-state index in [1.54, 1.807) is 36.4 Å². The lowest BCUT2D eigenvalue weighted by Gasteiger charge is -2.24. The second-order valence-corrected chi connectivity index (χ2v) is 6.28. The molecule has 0 spiro atoms. The van der Waals surface area contributed by atoms with Gasteiger partial charge in [-0.05, 0) is 18.2 Å². The molecule has 0 unspecified atom stereocenters. The van der Waals surface area contributed by atoms with Crippen LogP contribution >= 0.6 is 11.6 Å². The number of anilines is 1. The average Bonchev–Trinajstić information content (AvgIpc) is 2.78. The molecule has 0 bridgehead atoms. The summed E-state index contributed by atoms with van der Waals surface area (Å²) in [4.78, 5) is 23.7. The Labute approximate surface area is 160 Å². The van der Waals surface area contributed by atoms with E-state index in [9.17, 15) is 9.59 Å². The molecule has 1 heterocycles. The molecular weight excluding hydrogens is 374 g/mol. The lowest BCUT2D eigenvalue weighted by molar-refractivity contribution is -0.146. The average molecular weight is 392 g/mol. The number of ether oxygens (including phenoxy) is 3. The van der Waals surface area contributed by atoms with Crippen molar-refractivity contribution in [3.8, 4) is 11.5 Å². The van der Waals surface area contributed by atoms with Crippen LogP contribution in [0.2, 0.25) is 5.02 Å². The van der Waals surface area contributed by atoms with Gasteiger partial charge in [-0.1, -0.05) is 29.8 Å². The number of fused-ring (bicyclic) bond motifs is 1. The van der Waals surface area contributed by atoms with Crippen LogP contribution in [0.25, 0.3) is 0 Å². The van der Waals surface area contributed by atoms with Crippen molar-refractivity contribution < 1.29 is 28.9 Å². The van der Waals surface area contributed by atoms with Crippen LogP contribution in [0.4, 0.5) is 5.69 Å². The number of carboxylic acids is 1. The first-order valence-corrected chi connectivity index (χ1v) is 8.51. The summed E-state index contributed by atoms with van der Waals surface area (Å²) in [7, 11) is 3.00. The van der Waals surface area contributed by atoms with Gasteiger partial charge in [0.25, 0.3) is 5.91 Å². The largest absolute Gasteiger partial charge is 0.493 e. The summed E-state index contributed by atoms with van der Waals surface area (Å²) in [6, 6.07) is 10.3. The fraction of sp³-hybridized carbons (Fsp3) is 0.263. The third-order valence-corrected chi connectivity index (χ3v) is 4.57. The number of rotatable bonds is 5. The van der Waals surface area contributed by atoms with Gasteiger partial charge in [-0.2, -0.15) is 0 Å². The Morgan fingerprint density at radius 1 is 1.22 bits per heavy atom. The quantitative estimate of drug-likeness (QED) is 0.812. The molecule has 1 amide bonds. The fourth-order valence-corrected chi connectivity index (χ4v) is 3.34. The second-order valence-electron chi connectivity index (χ2n) is 5.88. The van der Waals surface area contributed by atoms with Crippen molar-refractivity contribution >= 4 is 29.2 Å². The standard InChI is InChI=1S/C19H18ClNO6/c1-25-13-8-3-5-10(17(13)26-2)18-16-11(20)6-4-7-12(16)21-19(24)14(27-18)9-15(22)23/h3-8,14,18H,9H2,1-2H3,(H,21,24)(H,22,23)/t14-,18-/m1/s1. The molecule has 0 radical (unpaired) electrons. The fourth-order valence-electron chi connectivity index (χ4n) is 3.07. The first-order chi connectivity index (χ1) is 13.0. The zero-order valence-corrected chi connectivity index (χ0v) is 15.4. The SMILES string of the molecule is COc1cccc([C@H]2O[C@H](CC(=O)O)C(=O)Nc3cccc(Cl)c32)c1OC. The monoisotopic (exact) mass is 391 g/mol. The molecule has 0 fully saturated rings. The molecule has 2 aromatic carbocycles. The summed E-state index contributed by atoms with van der Waals surface area (Å²) in [6.07, 6.45) is -2.52. The molecule has 1 aliphatic heterocycles. The van der Waals surface area contributed by atoms with Crippen LogP contribution < -0.4 is 14.8 Å². The van der Waals surface area contributed by atoms with Crippen molar-refractivity contribution in [3.63, 3.8) is 0 Å². The number of hydrogen-bond acceptors (Lipinski definition) is 5. The number of amides is 1. The van der Waals surface area contributed by atoms with Crippen LogP contribution in [0.3, 0.4) is 0 Å². The highest BCUT2D eigenvalue weighted by Gasteiger charge is 2.36. The Bertz CT molecular complexity index is 884. The van der Waals surface area contributed by atoms with Gasteiger partial charge in [-0.3, -0.25) is 9.59 Å². The van der Waals surface area contributed by atoms with Crippen LogP contribution in [0.5, 0.6) is 11.5 Å². The number of nitrogens with one attached hydrogen (secondary N) is 1. The number of para-hydroxylation sites is 1. The third-order valence-electron chi connectivity index (χ3n) is 4.24. The predicted molar refractivity (Wildman–Crippen MR) is 98.6 cm³/mol. The number of benzene rings is 2. The number of hydrogen-bond donors (Lipinski definition) is 2. The maximum Gasteiger partial charge on any atom is 0.306 e. The van der Waals surface area contributed by atoms with E-state index in [2.05, 4.69) is 5.32 Å². The minimum absolute atomic E-state index is 0.374. The highest BCUT2D eigenvalue weighted by atomic mass is 35.5. The molecule has 7 nitrogen and oxygen atoms in total. The molecular formula is C19H18ClNO6. The molecule has 2 atom stereocenters. The second kappa shape index (κ2) is 7.85. The number of carbonyl (C=O) groups is 2. The number of methoxy groups -OCH3 is 2. The Morgan fingerprint density at radius 3 is 2.63 bits per heavy atom. The molecule has 3 rings (SSSR count). The Kier molecular flexibility index (Phi) is 5.53. The molecule has 27 heavy (non-hydrogen) atoms. The van der Waals surface area contributed by atoms with Crippen molar-refractivity contribution in [1.29, 1.82) is 0 Å². The van der Waals surface area contributed by atoms with Gasteiger partial charge >= 0.3 is 5.97 Å².